The number of rotatable bonds is 2. The SMILES string of the molecule is O=C(NC1CCCc2sccc21)c1cc(Cl)cc(Br)c1. The number of aryl methyl sites for hydroxylation is 1. The molecule has 20 heavy (non-hydrogen) atoms. The molecule has 104 valence electrons. The monoisotopic (exact) mass is 369 g/mol. The van der Waals surface area contributed by atoms with Crippen LogP contribution in [0.1, 0.15) is 39.7 Å². The van der Waals surface area contributed by atoms with Crippen LogP contribution in [0.15, 0.2) is 34.1 Å². The lowest BCUT2D eigenvalue weighted by atomic mass is 9.94. The van der Waals surface area contributed by atoms with Gasteiger partial charge in [0.1, 0.15) is 0 Å². The first-order chi connectivity index (χ1) is 9.63. The van der Waals surface area contributed by atoms with Gasteiger partial charge in [-0.05, 0) is 54.5 Å². The summed E-state index contributed by atoms with van der Waals surface area (Å²) in [6.07, 6.45) is 3.25. The maximum Gasteiger partial charge on any atom is 0.251 e. The minimum Gasteiger partial charge on any atom is -0.345 e. The summed E-state index contributed by atoms with van der Waals surface area (Å²) in [6, 6.07) is 7.50. The van der Waals surface area contributed by atoms with E-state index in [2.05, 4.69) is 32.7 Å². The highest BCUT2D eigenvalue weighted by Crippen LogP contribution is 2.33. The van der Waals surface area contributed by atoms with E-state index in [0.29, 0.717) is 10.6 Å². The van der Waals surface area contributed by atoms with E-state index in [0.717, 1.165) is 23.7 Å². The van der Waals surface area contributed by atoms with Crippen LogP contribution >= 0.6 is 38.9 Å². The molecule has 1 aliphatic rings. The topological polar surface area (TPSA) is 29.1 Å². The van der Waals surface area contributed by atoms with Crippen molar-refractivity contribution in [3.05, 3.63) is 55.1 Å². The number of amides is 1. The van der Waals surface area contributed by atoms with Crippen LogP contribution in [0.4, 0.5) is 0 Å². The zero-order valence-electron chi connectivity index (χ0n) is 10.7. The molecule has 5 heteroatoms. The lowest BCUT2D eigenvalue weighted by Gasteiger charge is -2.23. The summed E-state index contributed by atoms with van der Waals surface area (Å²) >= 11 is 11.1. The van der Waals surface area contributed by atoms with Gasteiger partial charge in [0.05, 0.1) is 6.04 Å². The van der Waals surface area contributed by atoms with Gasteiger partial charge < -0.3 is 5.32 Å². The van der Waals surface area contributed by atoms with Crippen molar-refractivity contribution < 1.29 is 4.79 Å². The van der Waals surface area contributed by atoms with Gasteiger partial charge in [0.2, 0.25) is 0 Å². The molecule has 1 heterocycles. The standard InChI is InChI=1S/C15H13BrClNOS/c16-10-6-9(7-11(17)8-10)15(19)18-13-2-1-3-14-12(13)4-5-20-14/h4-8,13H,1-3H2,(H,18,19). The molecule has 1 aliphatic carbocycles. The highest BCUT2D eigenvalue weighted by atomic mass is 79.9. The van der Waals surface area contributed by atoms with E-state index in [4.69, 9.17) is 11.6 Å². The van der Waals surface area contributed by atoms with Crippen molar-refractivity contribution in [3.63, 3.8) is 0 Å². The number of hydrogen-bond acceptors (Lipinski definition) is 2. The minimum atomic E-state index is -0.0720. The van der Waals surface area contributed by atoms with Crippen molar-refractivity contribution in [2.75, 3.05) is 0 Å². The molecule has 3 rings (SSSR count). The van der Waals surface area contributed by atoms with Crippen molar-refractivity contribution in [2.24, 2.45) is 0 Å². The second-order valence-corrected chi connectivity index (χ2v) is 7.23. The Labute approximate surface area is 135 Å². The predicted molar refractivity (Wildman–Crippen MR) is 86.6 cm³/mol. The Morgan fingerprint density at radius 2 is 2.25 bits per heavy atom. The third kappa shape index (κ3) is 2.92. The largest absolute Gasteiger partial charge is 0.345 e. The molecule has 0 aliphatic heterocycles. The molecule has 2 aromatic rings. The number of halogens is 2. The van der Waals surface area contributed by atoms with Gasteiger partial charge in [-0.2, -0.15) is 0 Å². The van der Waals surface area contributed by atoms with Gasteiger partial charge in [0, 0.05) is 19.9 Å². The fraction of sp³-hybridized carbons (Fsp3) is 0.267. The average Bonchev–Trinajstić information content (AvgIpc) is 2.87. The second-order valence-electron chi connectivity index (χ2n) is 4.88. The zero-order chi connectivity index (χ0) is 14.1. The van der Waals surface area contributed by atoms with E-state index in [1.807, 2.05) is 0 Å². The molecule has 0 saturated heterocycles. The number of benzene rings is 1. The van der Waals surface area contributed by atoms with Crippen molar-refractivity contribution in [2.45, 2.75) is 25.3 Å². The second kappa shape index (κ2) is 5.88. The highest BCUT2D eigenvalue weighted by molar-refractivity contribution is 9.10. The van der Waals surface area contributed by atoms with Crippen LogP contribution < -0.4 is 5.32 Å². The molecular formula is C15H13BrClNOS. The van der Waals surface area contributed by atoms with Crippen molar-refractivity contribution in [1.29, 1.82) is 0 Å². The van der Waals surface area contributed by atoms with E-state index < -0.39 is 0 Å². The van der Waals surface area contributed by atoms with Gasteiger partial charge in [-0.25, -0.2) is 0 Å². The maximum absolute atomic E-state index is 12.4. The van der Waals surface area contributed by atoms with Crippen LogP contribution in [0, 0.1) is 0 Å². The number of carbonyl (C=O) groups is 1. The number of fused-ring (bicyclic) bond motifs is 1. The van der Waals surface area contributed by atoms with E-state index >= 15 is 0 Å². The molecule has 0 bridgehead atoms. The first kappa shape index (κ1) is 14.1. The highest BCUT2D eigenvalue weighted by Gasteiger charge is 2.23. The van der Waals surface area contributed by atoms with Crippen LogP contribution in [0.2, 0.25) is 5.02 Å². The molecule has 0 fully saturated rings. The Bertz CT molecular complexity index is 635. The van der Waals surface area contributed by atoms with Crippen molar-refractivity contribution >= 4 is 44.8 Å². The van der Waals surface area contributed by atoms with E-state index in [1.165, 1.54) is 10.4 Å². The number of thiophene rings is 1. The molecule has 1 aromatic carbocycles. The third-order valence-electron chi connectivity index (χ3n) is 3.48. The van der Waals surface area contributed by atoms with Gasteiger partial charge in [-0.1, -0.05) is 27.5 Å². The number of nitrogens with one attached hydrogen (secondary N) is 1. The third-order valence-corrected chi connectivity index (χ3v) is 5.15. The molecule has 2 nitrogen and oxygen atoms in total. The summed E-state index contributed by atoms with van der Waals surface area (Å²) in [5.41, 5.74) is 1.86. The van der Waals surface area contributed by atoms with Crippen LogP contribution in [0.25, 0.3) is 0 Å². The lowest BCUT2D eigenvalue weighted by Crippen LogP contribution is -2.30. The van der Waals surface area contributed by atoms with E-state index in [-0.39, 0.29) is 11.9 Å². The Balaban J connectivity index is 1.80. The summed E-state index contributed by atoms with van der Waals surface area (Å²) < 4.78 is 0.815. The normalized spacial score (nSPS) is 17.6. The first-order valence-electron chi connectivity index (χ1n) is 6.47. The molecule has 1 N–H and O–H groups in total. The molecule has 0 radical (unpaired) electrons. The smallest absolute Gasteiger partial charge is 0.251 e. The van der Waals surface area contributed by atoms with Crippen LogP contribution in [0.5, 0.6) is 0 Å². The fourth-order valence-corrected chi connectivity index (χ4v) is 4.41. The predicted octanol–water partition coefficient (Wildman–Crippen LogP) is 4.97. The average molecular weight is 371 g/mol. The first-order valence-corrected chi connectivity index (χ1v) is 8.52. The molecule has 0 saturated carbocycles. The minimum absolute atomic E-state index is 0.0720. The van der Waals surface area contributed by atoms with Crippen LogP contribution in [-0.4, -0.2) is 5.91 Å². The van der Waals surface area contributed by atoms with Gasteiger partial charge in [0.25, 0.3) is 5.91 Å². The molecular weight excluding hydrogens is 358 g/mol. The van der Waals surface area contributed by atoms with Crippen molar-refractivity contribution in [1.82, 2.24) is 5.32 Å². The summed E-state index contributed by atoms with van der Waals surface area (Å²) in [4.78, 5) is 13.8. The summed E-state index contributed by atoms with van der Waals surface area (Å²) in [7, 11) is 0. The summed E-state index contributed by atoms with van der Waals surface area (Å²) in [6.45, 7) is 0. The molecule has 1 unspecified atom stereocenters. The molecule has 1 aromatic heterocycles. The van der Waals surface area contributed by atoms with E-state index in [1.54, 1.807) is 29.5 Å². The fourth-order valence-electron chi connectivity index (χ4n) is 2.56. The Hall–Kier alpha value is -0.840. The Morgan fingerprint density at radius 1 is 1.40 bits per heavy atom. The van der Waals surface area contributed by atoms with Gasteiger partial charge in [-0.3, -0.25) is 4.79 Å². The number of carbonyl (C=O) groups excluding carboxylic acids is 1. The van der Waals surface area contributed by atoms with Gasteiger partial charge >= 0.3 is 0 Å². The maximum atomic E-state index is 12.4. The van der Waals surface area contributed by atoms with Crippen LogP contribution in [0.3, 0.4) is 0 Å². The summed E-state index contributed by atoms with van der Waals surface area (Å²) in [5, 5.41) is 5.78. The Morgan fingerprint density at radius 3 is 3.05 bits per heavy atom. The van der Waals surface area contributed by atoms with E-state index in [9.17, 15) is 4.79 Å². The van der Waals surface area contributed by atoms with Crippen molar-refractivity contribution in [3.8, 4) is 0 Å². The molecule has 1 amide bonds. The van der Waals surface area contributed by atoms with Crippen LogP contribution in [-0.2, 0) is 6.42 Å². The Kier molecular flexibility index (Phi) is 4.15. The zero-order valence-corrected chi connectivity index (χ0v) is 13.8. The van der Waals surface area contributed by atoms with Gasteiger partial charge in [0.15, 0.2) is 0 Å². The molecule has 0 spiro atoms. The number of hydrogen-bond donors (Lipinski definition) is 1. The lowest BCUT2D eigenvalue weighted by molar-refractivity contribution is 0.0933. The quantitative estimate of drug-likeness (QED) is 0.794. The van der Waals surface area contributed by atoms with Gasteiger partial charge in [-0.15, -0.1) is 11.3 Å². The summed E-state index contributed by atoms with van der Waals surface area (Å²) in [5.74, 6) is -0.0720. The molecule has 1 atom stereocenters.